The molecule has 162 valence electrons. The average Bonchev–Trinajstić information content (AvgIpc) is 2.63. The molecule has 0 bridgehead atoms. The lowest BCUT2D eigenvalue weighted by Gasteiger charge is -2.13. The lowest BCUT2D eigenvalue weighted by molar-refractivity contribution is -0.386. The van der Waals surface area contributed by atoms with Gasteiger partial charge < -0.3 is 9.84 Å². The Morgan fingerprint density at radius 2 is 1.73 bits per heavy atom. The second-order valence-corrected chi connectivity index (χ2v) is 6.16. The molecule has 0 unspecified atom stereocenters. The molecule has 30 heavy (non-hydrogen) atoms. The van der Waals surface area contributed by atoms with Gasteiger partial charge in [-0.05, 0) is 22.0 Å². The maximum atomic E-state index is 13.8. The van der Waals surface area contributed by atoms with Crippen molar-refractivity contribution in [3.05, 3.63) is 55.0 Å². The van der Waals surface area contributed by atoms with Gasteiger partial charge in [0.05, 0.1) is 28.3 Å². The van der Waals surface area contributed by atoms with Crippen LogP contribution >= 0.6 is 15.9 Å². The smallest absolute Gasteiger partial charge is 0.422 e. The van der Waals surface area contributed by atoms with E-state index in [0.29, 0.717) is 6.21 Å². The van der Waals surface area contributed by atoms with Crippen LogP contribution in [0.15, 0.2) is 15.6 Å². The number of phenolic OH excluding ortho intramolecular Hbond substituents is 1. The van der Waals surface area contributed by atoms with E-state index in [0.717, 1.165) is 13.2 Å². The van der Waals surface area contributed by atoms with E-state index in [1.54, 1.807) is 0 Å². The molecule has 7 nitrogen and oxygen atoms in total. The topological polar surface area (TPSA) is 97.0 Å². The summed E-state index contributed by atoms with van der Waals surface area (Å²) in [5.41, 5.74) is -4.27. The fraction of sp³-hybridized carbons (Fsp3) is 0.133. The van der Waals surface area contributed by atoms with Crippen LogP contribution in [0.5, 0.6) is 11.5 Å². The molecule has 0 radical (unpaired) electrons. The first-order valence-electron chi connectivity index (χ1n) is 7.28. The third kappa shape index (κ3) is 4.10. The van der Waals surface area contributed by atoms with Gasteiger partial charge >= 0.3 is 11.9 Å². The molecule has 0 aliphatic heterocycles. The monoisotopic (exact) mass is 505 g/mol. The van der Waals surface area contributed by atoms with Crippen molar-refractivity contribution in [2.45, 2.75) is 6.18 Å². The average molecular weight is 506 g/mol. The van der Waals surface area contributed by atoms with Gasteiger partial charge in [0.2, 0.25) is 5.75 Å². The second-order valence-electron chi connectivity index (χ2n) is 5.31. The number of halogens is 8. The van der Waals surface area contributed by atoms with E-state index in [4.69, 9.17) is 4.74 Å². The number of benzene rings is 2. The van der Waals surface area contributed by atoms with E-state index in [2.05, 4.69) is 21.0 Å². The summed E-state index contributed by atoms with van der Waals surface area (Å²) in [6.07, 6.45) is -5.16. The summed E-state index contributed by atoms with van der Waals surface area (Å²) >= 11 is 2.87. The predicted molar refractivity (Wildman–Crippen MR) is 91.5 cm³/mol. The van der Waals surface area contributed by atoms with Crippen LogP contribution in [0.3, 0.4) is 0 Å². The first-order valence-corrected chi connectivity index (χ1v) is 8.08. The molecular weight excluding hydrogens is 499 g/mol. The number of ether oxygens (including phenoxy) is 1. The van der Waals surface area contributed by atoms with Crippen LogP contribution < -0.4 is 10.2 Å². The second kappa shape index (κ2) is 8.33. The van der Waals surface area contributed by atoms with Gasteiger partial charge in [-0.25, -0.2) is 17.6 Å². The SMILES string of the molecule is COc1c(O)c(Br)cc(/C=N\Nc2c(F)c(F)c(C(F)(F)F)c(F)c2F)c1[N+](=O)[O-]. The number of nitro benzene ring substituents is 1. The van der Waals surface area contributed by atoms with Crippen LogP contribution in [0, 0.1) is 33.4 Å². The highest BCUT2D eigenvalue weighted by Crippen LogP contribution is 2.43. The van der Waals surface area contributed by atoms with Crippen molar-refractivity contribution in [2.24, 2.45) is 5.10 Å². The number of anilines is 1. The summed E-state index contributed by atoms with van der Waals surface area (Å²) in [4.78, 5) is 10.2. The van der Waals surface area contributed by atoms with Gasteiger partial charge in [-0.3, -0.25) is 15.5 Å². The molecule has 0 amide bonds. The van der Waals surface area contributed by atoms with Gasteiger partial charge in [-0.15, -0.1) is 0 Å². The molecule has 15 heteroatoms. The van der Waals surface area contributed by atoms with Gasteiger partial charge in [0.1, 0.15) is 11.3 Å². The molecule has 2 rings (SSSR count). The van der Waals surface area contributed by atoms with E-state index < -0.39 is 68.4 Å². The van der Waals surface area contributed by atoms with Gasteiger partial charge in [-0.2, -0.15) is 18.3 Å². The molecule has 0 aromatic heterocycles. The number of nitrogens with one attached hydrogen (secondary N) is 1. The number of nitrogens with zero attached hydrogens (tertiary/aromatic N) is 2. The highest BCUT2D eigenvalue weighted by molar-refractivity contribution is 9.10. The Hall–Kier alpha value is -3.10. The third-order valence-electron chi connectivity index (χ3n) is 3.53. The molecule has 0 fully saturated rings. The zero-order valence-corrected chi connectivity index (χ0v) is 15.8. The van der Waals surface area contributed by atoms with Crippen LogP contribution in [0.4, 0.5) is 42.1 Å². The lowest BCUT2D eigenvalue weighted by atomic mass is 10.1. The van der Waals surface area contributed by atoms with Gasteiger partial charge in [0, 0.05) is 0 Å². The fourth-order valence-electron chi connectivity index (χ4n) is 2.25. The summed E-state index contributed by atoms with van der Waals surface area (Å²) in [5.74, 6) is -11.5. The molecule has 0 atom stereocenters. The Morgan fingerprint density at radius 1 is 1.20 bits per heavy atom. The van der Waals surface area contributed by atoms with Crippen LogP contribution in [-0.4, -0.2) is 23.4 Å². The number of methoxy groups -OCH3 is 1. The Labute approximate surface area is 170 Å². The van der Waals surface area contributed by atoms with Crippen molar-refractivity contribution in [3.8, 4) is 11.5 Å². The summed E-state index contributed by atoms with van der Waals surface area (Å²) in [7, 11) is 0.992. The van der Waals surface area contributed by atoms with Crippen molar-refractivity contribution < 1.29 is 45.5 Å². The van der Waals surface area contributed by atoms with Gasteiger partial charge in [0.25, 0.3) is 0 Å². The van der Waals surface area contributed by atoms with E-state index in [9.17, 15) is 46.0 Å². The molecular formula is C15H7BrF7N3O4. The zero-order chi connectivity index (χ0) is 23.0. The molecule has 0 spiro atoms. The number of alkyl halides is 3. The molecule has 2 aromatic rings. The maximum Gasteiger partial charge on any atom is 0.422 e. The Kier molecular flexibility index (Phi) is 6.44. The van der Waals surface area contributed by atoms with E-state index in [1.165, 1.54) is 5.43 Å². The first kappa shape index (κ1) is 23.2. The summed E-state index contributed by atoms with van der Waals surface area (Å²) in [6, 6.07) is 0.946. The Morgan fingerprint density at radius 3 is 2.17 bits per heavy atom. The molecule has 0 saturated carbocycles. The number of hydrogen-bond donors (Lipinski definition) is 2. The fourth-order valence-corrected chi connectivity index (χ4v) is 2.68. The Balaban J connectivity index is 2.54. The number of rotatable bonds is 5. The standard InChI is InChI=1S/C15H7BrF7N3O4/c1-30-14-12(26(28)29)4(2-5(16)13(14)27)3-24-25-11-9(19)7(17)6(15(21,22)23)8(18)10(11)20/h2-3,25,27H,1H3/b24-3-. The quantitative estimate of drug-likeness (QED) is 0.194. The third-order valence-corrected chi connectivity index (χ3v) is 4.13. The van der Waals surface area contributed by atoms with Crippen molar-refractivity contribution in [1.82, 2.24) is 0 Å². The normalized spacial score (nSPS) is 11.8. The predicted octanol–water partition coefficient (Wildman–Crippen LogP) is 5.09. The summed E-state index contributed by atoms with van der Waals surface area (Å²) in [5, 5.41) is 24.2. The summed E-state index contributed by atoms with van der Waals surface area (Å²) < 4.78 is 97.1. The van der Waals surface area contributed by atoms with Crippen molar-refractivity contribution >= 4 is 33.5 Å². The minimum atomic E-state index is -5.72. The van der Waals surface area contributed by atoms with E-state index in [1.807, 2.05) is 0 Å². The highest BCUT2D eigenvalue weighted by Gasteiger charge is 2.42. The molecule has 0 aliphatic rings. The minimum Gasteiger partial charge on any atom is -0.503 e. The largest absolute Gasteiger partial charge is 0.503 e. The van der Waals surface area contributed by atoms with Crippen LogP contribution in [0.25, 0.3) is 0 Å². The van der Waals surface area contributed by atoms with Gasteiger partial charge in [0.15, 0.2) is 29.0 Å². The summed E-state index contributed by atoms with van der Waals surface area (Å²) in [6.45, 7) is 0. The van der Waals surface area contributed by atoms with Crippen molar-refractivity contribution in [2.75, 3.05) is 12.5 Å². The first-order chi connectivity index (χ1) is 13.8. The maximum absolute atomic E-state index is 13.8. The van der Waals surface area contributed by atoms with Crippen molar-refractivity contribution in [1.29, 1.82) is 0 Å². The molecule has 0 saturated heterocycles. The number of nitro groups is 1. The number of hydrazone groups is 1. The molecule has 0 aliphatic carbocycles. The zero-order valence-electron chi connectivity index (χ0n) is 14.2. The van der Waals surface area contributed by atoms with Crippen LogP contribution in [0.2, 0.25) is 0 Å². The molecule has 2 aromatic carbocycles. The number of phenols is 1. The highest BCUT2D eigenvalue weighted by atomic mass is 79.9. The lowest BCUT2D eigenvalue weighted by Crippen LogP contribution is -2.16. The van der Waals surface area contributed by atoms with Crippen molar-refractivity contribution in [3.63, 3.8) is 0 Å². The molecule has 2 N–H and O–H groups in total. The van der Waals surface area contributed by atoms with Gasteiger partial charge in [-0.1, -0.05) is 0 Å². The number of hydrogen-bond acceptors (Lipinski definition) is 6. The molecule has 0 heterocycles. The van der Waals surface area contributed by atoms with Crippen LogP contribution in [-0.2, 0) is 6.18 Å². The number of aromatic hydroxyl groups is 1. The van der Waals surface area contributed by atoms with Crippen LogP contribution in [0.1, 0.15) is 11.1 Å². The Bertz CT molecular complexity index is 1030. The van der Waals surface area contributed by atoms with E-state index in [-0.39, 0.29) is 4.47 Å². The van der Waals surface area contributed by atoms with E-state index >= 15 is 0 Å². The minimum absolute atomic E-state index is 0.115.